The van der Waals surface area contributed by atoms with E-state index in [9.17, 15) is 19.2 Å². The number of hydrogen-bond acceptors (Lipinski definition) is 6. The predicted octanol–water partition coefficient (Wildman–Crippen LogP) is 12.2. The van der Waals surface area contributed by atoms with Crippen molar-refractivity contribution >= 4 is 67.0 Å². The largest absolute Gasteiger partial charge is 0.274 e. The van der Waals surface area contributed by atoms with Gasteiger partial charge in [-0.2, -0.15) is 0 Å². The SMILES string of the molecule is CC(C)CN1C(=O)c2ccc3c4c(ccc(c24)C1=O)-c1c-3nc2cc3c(-c4ccccc4)c4c(nc3cc2c1-c1ccccc1)-c1ccc2c3c(ccc-4c13)C(=O)N(CC(C)C)C2=O. The van der Waals surface area contributed by atoms with Gasteiger partial charge < -0.3 is 0 Å². The topological polar surface area (TPSA) is 101 Å². The number of imide groups is 2. The number of benzene rings is 7. The summed E-state index contributed by atoms with van der Waals surface area (Å²) in [5.41, 5.74) is 14.9. The van der Waals surface area contributed by atoms with E-state index in [4.69, 9.17) is 9.97 Å². The lowest BCUT2D eigenvalue weighted by atomic mass is 9.87. The molecule has 0 saturated heterocycles. The van der Waals surface area contributed by atoms with Crippen LogP contribution in [0.2, 0.25) is 0 Å². The minimum Gasteiger partial charge on any atom is -0.274 e. The van der Waals surface area contributed by atoms with Gasteiger partial charge in [0.25, 0.3) is 23.6 Å². The fourth-order valence-electron chi connectivity index (χ4n) is 11.1. The highest BCUT2D eigenvalue weighted by molar-refractivity contribution is 6.34. The van der Waals surface area contributed by atoms with Crippen molar-refractivity contribution in [1.29, 1.82) is 0 Å². The molecule has 306 valence electrons. The first-order chi connectivity index (χ1) is 31.1. The van der Waals surface area contributed by atoms with Crippen molar-refractivity contribution in [3.8, 4) is 67.0 Å². The molecule has 8 heteroatoms. The van der Waals surface area contributed by atoms with Crippen LogP contribution in [0.25, 0.3) is 110 Å². The third-order valence-electron chi connectivity index (χ3n) is 13.6. The summed E-state index contributed by atoms with van der Waals surface area (Å²) < 4.78 is 0. The minimum atomic E-state index is -0.265. The summed E-state index contributed by atoms with van der Waals surface area (Å²) in [7, 11) is 0. The van der Waals surface area contributed by atoms with Gasteiger partial charge in [0.15, 0.2) is 0 Å². The van der Waals surface area contributed by atoms with Gasteiger partial charge in [-0.05, 0) is 70.5 Å². The molecular weight excluding hydrogens is 793 g/mol. The molecule has 0 unspecified atom stereocenters. The minimum absolute atomic E-state index is 0.128. The van der Waals surface area contributed by atoms with Gasteiger partial charge >= 0.3 is 0 Å². The number of hydrogen-bond donors (Lipinski definition) is 0. The molecular formula is C56H38N4O4. The average molecular weight is 831 g/mol. The number of carbonyl (C=O) groups excluding carboxylic acids is 4. The van der Waals surface area contributed by atoms with Crippen molar-refractivity contribution in [2.24, 2.45) is 11.8 Å². The molecule has 0 bridgehead atoms. The zero-order valence-electron chi connectivity index (χ0n) is 35.5. The van der Waals surface area contributed by atoms with Gasteiger partial charge in [0, 0.05) is 101 Å². The molecule has 8 nitrogen and oxygen atoms in total. The van der Waals surface area contributed by atoms with Crippen molar-refractivity contribution in [2.45, 2.75) is 27.7 Å². The second-order valence-electron chi connectivity index (χ2n) is 18.4. The zero-order valence-corrected chi connectivity index (χ0v) is 35.5. The summed E-state index contributed by atoms with van der Waals surface area (Å²) in [5.74, 6) is -0.802. The molecule has 0 saturated carbocycles. The Morgan fingerprint density at radius 3 is 1.05 bits per heavy atom. The van der Waals surface area contributed by atoms with E-state index >= 15 is 0 Å². The lowest BCUT2D eigenvalue weighted by molar-refractivity contribution is 0.0577. The fraction of sp³-hybridized carbons (Fsp3) is 0.143. The van der Waals surface area contributed by atoms with E-state index in [1.54, 1.807) is 0 Å². The Bertz CT molecular complexity index is 3420. The van der Waals surface area contributed by atoms with Gasteiger partial charge in [0.1, 0.15) is 0 Å². The highest BCUT2D eigenvalue weighted by Crippen LogP contribution is 2.57. The van der Waals surface area contributed by atoms with Gasteiger partial charge in [-0.3, -0.25) is 29.0 Å². The first kappa shape index (κ1) is 36.8. The van der Waals surface area contributed by atoms with Crippen LogP contribution >= 0.6 is 0 Å². The van der Waals surface area contributed by atoms with Crippen LogP contribution in [0.5, 0.6) is 0 Å². The smallest absolute Gasteiger partial charge is 0.261 e. The van der Waals surface area contributed by atoms with Crippen LogP contribution in [0.1, 0.15) is 69.1 Å². The van der Waals surface area contributed by atoms with Crippen LogP contribution in [0, 0.1) is 11.8 Å². The molecule has 4 aliphatic rings. The molecule has 0 radical (unpaired) electrons. The molecule has 64 heavy (non-hydrogen) atoms. The number of rotatable bonds is 6. The molecule has 4 heterocycles. The summed E-state index contributed by atoms with van der Waals surface area (Å²) in [6.07, 6.45) is 0. The number of fused-ring (bicyclic) bond motifs is 8. The van der Waals surface area contributed by atoms with E-state index in [-0.39, 0.29) is 35.5 Å². The zero-order chi connectivity index (χ0) is 43.4. The van der Waals surface area contributed by atoms with Crippen LogP contribution in [-0.2, 0) is 0 Å². The van der Waals surface area contributed by atoms with E-state index < -0.39 is 0 Å². The Hall–Kier alpha value is -7.84. The molecule has 7 aromatic carbocycles. The average Bonchev–Trinajstić information content (AvgIpc) is 3.80. The van der Waals surface area contributed by atoms with Crippen molar-refractivity contribution in [3.05, 3.63) is 144 Å². The molecule has 0 atom stereocenters. The summed E-state index contributed by atoms with van der Waals surface area (Å²) in [5, 5.41) is 4.98. The first-order valence-electron chi connectivity index (χ1n) is 22.0. The quantitative estimate of drug-likeness (QED) is 0.122. The normalized spacial score (nSPS) is 14.4. The number of amides is 4. The lowest BCUT2D eigenvalue weighted by Gasteiger charge is -2.28. The number of carbonyl (C=O) groups is 4. The van der Waals surface area contributed by atoms with Crippen LogP contribution in [-0.4, -0.2) is 56.5 Å². The Kier molecular flexibility index (Phi) is 7.39. The van der Waals surface area contributed by atoms with Crippen LogP contribution in [0.4, 0.5) is 0 Å². The Balaban J connectivity index is 1.10. The number of nitrogens with zero attached hydrogens (tertiary/aromatic N) is 4. The van der Waals surface area contributed by atoms with E-state index in [1.165, 1.54) is 9.80 Å². The third kappa shape index (κ3) is 4.72. The molecule has 4 amide bonds. The van der Waals surface area contributed by atoms with E-state index in [0.717, 1.165) is 99.6 Å². The second-order valence-corrected chi connectivity index (χ2v) is 18.4. The molecule has 13 rings (SSSR count). The molecule has 2 aromatic heterocycles. The summed E-state index contributed by atoms with van der Waals surface area (Å²) in [4.78, 5) is 70.0. The lowest BCUT2D eigenvalue weighted by Crippen LogP contribution is -2.42. The maximum atomic E-state index is 14.0. The van der Waals surface area contributed by atoms with Crippen LogP contribution in [0.15, 0.2) is 121 Å². The van der Waals surface area contributed by atoms with E-state index in [2.05, 4.69) is 36.4 Å². The maximum absolute atomic E-state index is 14.0. The summed E-state index contributed by atoms with van der Waals surface area (Å²) in [6, 6.07) is 40.5. The molecule has 0 N–H and O–H groups in total. The standard InChI is InChI=1S/C56H38N4O4/c1-27(2)25-59-53(61)35-19-15-31-45-33(17-21-37(47(35)45)55(59)63)51-49(31)43(29-11-7-5-8-12-29)39-23-42-40(24-41(39)57-51)44(30-13-9-6-10-14-30)50-32-16-20-36-48-38(22-18-34(46(32)48)52(50)58-42)56(64)60(54(36)62)26-28(3)4/h5-24,27-28H,25-26H2,1-4H3. The number of aromatic nitrogens is 2. The summed E-state index contributed by atoms with van der Waals surface area (Å²) >= 11 is 0. The number of pyridine rings is 2. The first-order valence-corrected chi connectivity index (χ1v) is 22.0. The monoisotopic (exact) mass is 830 g/mol. The molecule has 0 spiro atoms. The second kappa shape index (κ2) is 12.9. The van der Waals surface area contributed by atoms with Crippen molar-refractivity contribution in [2.75, 3.05) is 13.1 Å². The van der Waals surface area contributed by atoms with Crippen molar-refractivity contribution < 1.29 is 19.2 Å². The molecule has 2 aliphatic heterocycles. The fourth-order valence-corrected chi connectivity index (χ4v) is 11.1. The van der Waals surface area contributed by atoms with Crippen LogP contribution < -0.4 is 0 Å². The van der Waals surface area contributed by atoms with Gasteiger partial charge in [-0.1, -0.05) is 113 Å². The highest BCUT2D eigenvalue weighted by atomic mass is 16.2. The van der Waals surface area contributed by atoms with E-state index in [0.29, 0.717) is 46.1 Å². The van der Waals surface area contributed by atoms with Gasteiger partial charge in [-0.25, -0.2) is 9.97 Å². The highest BCUT2D eigenvalue weighted by Gasteiger charge is 2.40. The van der Waals surface area contributed by atoms with Gasteiger partial charge in [0.2, 0.25) is 0 Å². The Labute approximate surface area is 367 Å². The van der Waals surface area contributed by atoms with E-state index in [1.807, 2.05) is 113 Å². The summed E-state index contributed by atoms with van der Waals surface area (Å²) in [6.45, 7) is 8.74. The van der Waals surface area contributed by atoms with Gasteiger partial charge in [0.05, 0.1) is 22.4 Å². The third-order valence-corrected chi connectivity index (χ3v) is 13.6. The van der Waals surface area contributed by atoms with Crippen molar-refractivity contribution in [3.63, 3.8) is 0 Å². The van der Waals surface area contributed by atoms with Gasteiger partial charge in [-0.15, -0.1) is 0 Å². The van der Waals surface area contributed by atoms with Crippen LogP contribution in [0.3, 0.4) is 0 Å². The molecule has 9 aromatic rings. The van der Waals surface area contributed by atoms with Crippen molar-refractivity contribution in [1.82, 2.24) is 19.8 Å². The molecule has 0 fully saturated rings. The molecule has 2 aliphatic carbocycles. The predicted molar refractivity (Wildman–Crippen MR) is 252 cm³/mol. The maximum Gasteiger partial charge on any atom is 0.261 e. The Morgan fingerprint density at radius 2 is 0.703 bits per heavy atom. The Morgan fingerprint density at radius 1 is 0.391 bits per heavy atom.